The number of nitriles is 1. The van der Waals surface area contributed by atoms with Gasteiger partial charge in [-0.2, -0.15) is 19.1 Å². The number of nitrogens with one attached hydrogen (secondary N) is 3. The van der Waals surface area contributed by atoms with E-state index in [2.05, 4.69) is 26.8 Å². The van der Waals surface area contributed by atoms with Crippen LogP contribution in [0.4, 0.5) is 20.3 Å². The third kappa shape index (κ3) is 2.73. The second-order valence-corrected chi connectivity index (χ2v) is 9.34. The van der Waals surface area contributed by atoms with Gasteiger partial charge in [-0.25, -0.2) is 0 Å². The molecule has 9 heteroatoms. The molecule has 33 heavy (non-hydrogen) atoms. The Kier molecular flexibility index (Phi) is 4.40. The van der Waals surface area contributed by atoms with E-state index in [9.17, 15) is 10.1 Å². The molecule has 3 aromatic rings. The molecule has 170 valence electrons. The number of halogens is 2. The number of hydrogen-bond donors (Lipinski definition) is 3. The number of aromatic nitrogens is 3. The van der Waals surface area contributed by atoms with Crippen molar-refractivity contribution in [2.75, 3.05) is 11.9 Å². The van der Waals surface area contributed by atoms with Gasteiger partial charge in [0, 0.05) is 17.4 Å². The molecule has 1 saturated carbocycles. The second kappa shape index (κ2) is 7.12. The highest BCUT2D eigenvalue weighted by molar-refractivity contribution is 5.91. The summed E-state index contributed by atoms with van der Waals surface area (Å²) in [5, 5.41) is 20.8. The fourth-order valence-corrected chi connectivity index (χ4v) is 5.96. The fraction of sp³-hybridized carbons (Fsp3) is 0.458. The van der Waals surface area contributed by atoms with Gasteiger partial charge in [0.1, 0.15) is 10.9 Å². The summed E-state index contributed by atoms with van der Waals surface area (Å²) in [5.74, 6) is -2.82. The van der Waals surface area contributed by atoms with Crippen LogP contribution in [0.5, 0.6) is 0 Å². The molecule has 0 amide bonds. The van der Waals surface area contributed by atoms with Gasteiger partial charge in [-0.15, -0.1) is 0 Å². The quantitative estimate of drug-likeness (QED) is 0.549. The van der Waals surface area contributed by atoms with Crippen LogP contribution in [0.15, 0.2) is 35.3 Å². The Hall–Kier alpha value is -3.25. The molecular formula is C24H24F2N6O. The summed E-state index contributed by atoms with van der Waals surface area (Å²) in [7, 11) is 0. The molecule has 2 aliphatic carbocycles. The molecule has 7 nitrogen and oxygen atoms in total. The number of H-pyrrole nitrogens is 1. The average molecular weight is 450 g/mol. The SMILES string of the molecule is N#CC1CCCCC1n1nc(Nc2ccc3c(c2)C(F)(F)C32CCCN2)c2c(=O)[nH]ccc21. The third-order valence-electron chi connectivity index (χ3n) is 7.61. The first-order valence-corrected chi connectivity index (χ1v) is 11.5. The zero-order valence-electron chi connectivity index (χ0n) is 18.0. The Morgan fingerprint density at radius 1 is 1.18 bits per heavy atom. The van der Waals surface area contributed by atoms with Crippen LogP contribution in [-0.4, -0.2) is 21.3 Å². The van der Waals surface area contributed by atoms with E-state index in [4.69, 9.17) is 0 Å². The van der Waals surface area contributed by atoms with Crippen molar-refractivity contribution in [3.8, 4) is 6.07 Å². The molecule has 3 unspecified atom stereocenters. The van der Waals surface area contributed by atoms with Crippen molar-refractivity contribution in [3.63, 3.8) is 0 Å². The van der Waals surface area contributed by atoms with Crippen LogP contribution in [0.3, 0.4) is 0 Å². The fourth-order valence-electron chi connectivity index (χ4n) is 5.96. The van der Waals surface area contributed by atoms with Gasteiger partial charge < -0.3 is 15.6 Å². The van der Waals surface area contributed by atoms with Crippen LogP contribution in [0.2, 0.25) is 0 Å². The maximum absolute atomic E-state index is 15.1. The molecule has 3 aliphatic rings. The summed E-state index contributed by atoms with van der Waals surface area (Å²) in [5.41, 5.74) is 0.182. The van der Waals surface area contributed by atoms with E-state index in [0.717, 1.165) is 32.1 Å². The molecule has 3 atom stereocenters. The highest BCUT2D eigenvalue weighted by atomic mass is 19.3. The minimum absolute atomic E-state index is 0.0105. The lowest BCUT2D eigenvalue weighted by Gasteiger charge is -2.48. The van der Waals surface area contributed by atoms with E-state index in [1.807, 2.05) is 0 Å². The van der Waals surface area contributed by atoms with Crippen molar-refractivity contribution in [1.29, 1.82) is 5.26 Å². The van der Waals surface area contributed by atoms with Crippen LogP contribution >= 0.6 is 0 Å². The molecular weight excluding hydrogens is 426 g/mol. The van der Waals surface area contributed by atoms with Gasteiger partial charge in [-0.3, -0.25) is 9.48 Å². The Morgan fingerprint density at radius 3 is 2.82 bits per heavy atom. The molecule has 6 rings (SSSR count). The smallest absolute Gasteiger partial charge is 0.295 e. The van der Waals surface area contributed by atoms with E-state index in [1.165, 1.54) is 6.07 Å². The van der Waals surface area contributed by atoms with Gasteiger partial charge >= 0.3 is 0 Å². The highest BCUT2D eigenvalue weighted by Crippen LogP contribution is 2.61. The standard InChI is InChI=1S/C24H24F2N6O/c25-24(26)17-12-15(6-7-16(17)23(24)9-3-10-29-23)30-21-20-19(8-11-28-22(20)33)32(31-21)18-5-2-1-4-14(18)13-27/h6-8,11-12,14,18,29H,1-5,9-10H2,(H,28,33)(H,30,31). The van der Waals surface area contributed by atoms with Crippen molar-refractivity contribution >= 4 is 22.4 Å². The Balaban J connectivity index is 1.41. The van der Waals surface area contributed by atoms with Gasteiger partial charge in [0.2, 0.25) is 0 Å². The lowest BCUT2D eigenvalue weighted by molar-refractivity contribution is -0.127. The number of aromatic amines is 1. The summed E-state index contributed by atoms with van der Waals surface area (Å²) < 4.78 is 31.9. The number of fused-ring (bicyclic) bond motifs is 3. The number of hydrogen-bond acceptors (Lipinski definition) is 5. The van der Waals surface area contributed by atoms with E-state index >= 15 is 8.78 Å². The maximum atomic E-state index is 15.1. The predicted molar refractivity (Wildman–Crippen MR) is 119 cm³/mol. The number of alkyl halides is 2. The molecule has 0 radical (unpaired) electrons. The summed E-state index contributed by atoms with van der Waals surface area (Å²) in [6.45, 7) is 0.589. The number of anilines is 2. The Morgan fingerprint density at radius 2 is 2.03 bits per heavy atom. The predicted octanol–water partition coefficient (Wildman–Crippen LogP) is 4.41. The monoisotopic (exact) mass is 450 g/mol. The van der Waals surface area contributed by atoms with Crippen LogP contribution in [0, 0.1) is 17.2 Å². The molecule has 1 aromatic carbocycles. The first-order chi connectivity index (χ1) is 16.0. The van der Waals surface area contributed by atoms with E-state index < -0.39 is 11.5 Å². The van der Waals surface area contributed by atoms with Crippen LogP contribution in [0.1, 0.15) is 55.7 Å². The lowest BCUT2D eigenvalue weighted by Crippen LogP contribution is -2.59. The minimum Gasteiger partial charge on any atom is -0.338 e. The van der Waals surface area contributed by atoms with Crippen molar-refractivity contribution in [3.05, 3.63) is 51.9 Å². The first kappa shape index (κ1) is 20.4. The highest BCUT2D eigenvalue weighted by Gasteiger charge is 2.66. The van der Waals surface area contributed by atoms with E-state index in [-0.39, 0.29) is 23.1 Å². The van der Waals surface area contributed by atoms with E-state index in [0.29, 0.717) is 40.9 Å². The summed E-state index contributed by atoms with van der Waals surface area (Å²) in [6, 6.07) is 9.00. The van der Waals surface area contributed by atoms with Gasteiger partial charge in [-0.1, -0.05) is 18.9 Å². The van der Waals surface area contributed by atoms with Crippen molar-refractivity contribution < 1.29 is 8.78 Å². The normalized spacial score (nSPS) is 27.8. The van der Waals surface area contributed by atoms with Crippen molar-refractivity contribution in [1.82, 2.24) is 20.1 Å². The largest absolute Gasteiger partial charge is 0.338 e. The lowest BCUT2D eigenvalue weighted by atomic mass is 9.66. The molecule has 2 aromatic heterocycles. The summed E-state index contributed by atoms with van der Waals surface area (Å²) in [4.78, 5) is 15.4. The van der Waals surface area contributed by atoms with Crippen molar-refractivity contribution in [2.24, 2.45) is 5.92 Å². The van der Waals surface area contributed by atoms with Gasteiger partial charge in [0.05, 0.1) is 23.5 Å². The van der Waals surface area contributed by atoms with E-state index in [1.54, 1.807) is 29.1 Å². The van der Waals surface area contributed by atoms with Gasteiger partial charge in [0.25, 0.3) is 11.5 Å². The molecule has 1 aliphatic heterocycles. The zero-order chi connectivity index (χ0) is 22.8. The van der Waals surface area contributed by atoms with Crippen LogP contribution in [-0.2, 0) is 11.5 Å². The summed E-state index contributed by atoms with van der Waals surface area (Å²) >= 11 is 0. The second-order valence-electron chi connectivity index (χ2n) is 9.34. The minimum atomic E-state index is -2.95. The topological polar surface area (TPSA) is 98.5 Å². The molecule has 1 saturated heterocycles. The average Bonchev–Trinajstić information content (AvgIpc) is 3.47. The summed E-state index contributed by atoms with van der Waals surface area (Å²) in [6.07, 6.45) is 6.31. The maximum Gasteiger partial charge on any atom is 0.295 e. The molecule has 1 spiro atoms. The number of nitrogens with zero attached hydrogens (tertiary/aromatic N) is 3. The zero-order valence-corrected chi connectivity index (χ0v) is 18.0. The van der Waals surface area contributed by atoms with Crippen molar-refractivity contribution in [2.45, 2.75) is 56.0 Å². The Labute approximate surface area is 188 Å². The molecule has 3 heterocycles. The van der Waals surface area contributed by atoms with Gasteiger partial charge in [0.15, 0.2) is 5.82 Å². The molecule has 3 N–H and O–H groups in total. The number of rotatable bonds is 3. The number of benzene rings is 1. The molecule has 2 fully saturated rings. The van der Waals surface area contributed by atoms with Crippen LogP contribution in [0.25, 0.3) is 10.9 Å². The van der Waals surface area contributed by atoms with Gasteiger partial charge in [-0.05, 0) is 56.0 Å². The van der Waals surface area contributed by atoms with Crippen LogP contribution < -0.4 is 16.2 Å². The first-order valence-electron chi connectivity index (χ1n) is 11.5. The Bertz CT molecular complexity index is 1350. The number of pyridine rings is 1. The third-order valence-corrected chi connectivity index (χ3v) is 7.61. The molecule has 0 bridgehead atoms.